The van der Waals surface area contributed by atoms with Crippen LogP contribution in [0.1, 0.15) is 58.1 Å². The van der Waals surface area contributed by atoms with Crippen LogP contribution in [-0.4, -0.2) is 46.8 Å². The SMILES string of the molecule is CCc1ccc(CN(C)C(=O)CN2C(=O)NC3(CC(C)CC(C)(C)C3)C2=O)cc1. The molecule has 6 heteroatoms. The van der Waals surface area contributed by atoms with Crippen LogP contribution in [0.3, 0.4) is 0 Å². The number of carbonyl (C=O) groups excluding carboxylic acids is 3. The molecule has 1 saturated carbocycles. The smallest absolute Gasteiger partial charge is 0.325 e. The zero-order valence-corrected chi connectivity index (χ0v) is 18.2. The van der Waals surface area contributed by atoms with Crippen molar-refractivity contribution in [2.45, 2.75) is 65.5 Å². The summed E-state index contributed by atoms with van der Waals surface area (Å²) in [6, 6.07) is 7.68. The number of hydrogen-bond acceptors (Lipinski definition) is 3. The zero-order chi connectivity index (χ0) is 21.4. The fourth-order valence-electron chi connectivity index (χ4n) is 5.15. The Balaban J connectivity index is 1.66. The molecule has 0 aromatic heterocycles. The molecular formula is C23H33N3O3. The van der Waals surface area contributed by atoms with Crippen LogP contribution in [0.4, 0.5) is 4.79 Å². The van der Waals surface area contributed by atoms with Gasteiger partial charge in [0.1, 0.15) is 12.1 Å². The molecule has 4 amide bonds. The standard InChI is InChI=1S/C23H33N3O3/c1-6-17-7-9-18(10-8-17)13-25(5)19(27)14-26-20(28)23(24-21(26)29)12-16(2)11-22(3,4)15-23/h7-10,16H,6,11-15H2,1-5H3,(H,24,29). The molecule has 0 bridgehead atoms. The van der Waals surface area contributed by atoms with Crippen molar-refractivity contribution in [1.29, 1.82) is 0 Å². The average Bonchev–Trinajstić information content (AvgIpc) is 2.83. The van der Waals surface area contributed by atoms with Gasteiger partial charge in [0.2, 0.25) is 5.91 Å². The van der Waals surface area contributed by atoms with Gasteiger partial charge in [0, 0.05) is 13.6 Å². The third kappa shape index (κ3) is 4.46. The van der Waals surface area contributed by atoms with E-state index < -0.39 is 11.6 Å². The molecule has 2 aliphatic rings. The number of urea groups is 1. The number of carbonyl (C=O) groups is 3. The van der Waals surface area contributed by atoms with E-state index in [0.29, 0.717) is 25.3 Å². The van der Waals surface area contributed by atoms with Gasteiger partial charge in [-0.2, -0.15) is 0 Å². The summed E-state index contributed by atoms with van der Waals surface area (Å²) in [4.78, 5) is 41.2. The summed E-state index contributed by atoms with van der Waals surface area (Å²) in [7, 11) is 1.70. The van der Waals surface area contributed by atoms with E-state index in [1.807, 2.05) is 12.1 Å². The number of rotatable bonds is 5. The van der Waals surface area contributed by atoms with Gasteiger partial charge in [-0.1, -0.05) is 52.0 Å². The zero-order valence-electron chi connectivity index (χ0n) is 18.2. The molecular weight excluding hydrogens is 366 g/mol. The maximum absolute atomic E-state index is 13.2. The van der Waals surface area contributed by atoms with Crippen molar-refractivity contribution in [1.82, 2.24) is 15.1 Å². The first-order valence-electron chi connectivity index (χ1n) is 10.5. The topological polar surface area (TPSA) is 69.7 Å². The van der Waals surface area contributed by atoms with Crippen molar-refractivity contribution in [2.24, 2.45) is 11.3 Å². The van der Waals surface area contributed by atoms with Crippen LogP contribution in [-0.2, 0) is 22.6 Å². The number of benzene rings is 1. The molecule has 1 aromatic carbocycles. The van der Waals surface area contributed by atoms with E-state index in [9.17, 15) is 14.4 Å². The van der Waals surface area contributed by atoms with Crippen LogP contribution in [0.2, 0.25) is 0 Å². The minimum absolute atomic E-state index is 0.0257. The van der Waals surface area contributed by atoms with Crippen LogP contribution in [0.25, 0.3) is 0 Å². The second kappa shape index (κ2) is 7.81. The molecule has 1 heterocycles. The fraction of sp³-hybridized carbons (Fsp3) is 0.609. The predicted molar refractivity (Wildman–Crippen MR) is 112 cm³/mol. The van der Waals surface area contributed by atoms with E-state index >= 15 is 0 Å². The lowest BCUT2D eigenvalue weighted by Crippen LogP contribution is -2.54. The van der Waals surface area contributed by atoms with E-state index in [1.165, 1.54) is 5.56 Å². The van der Waals surface area contributed by atoms with E-state index in [0.717, 1.165) is 23.3 Å². The Hall–Kier alpha value is -2.37. The molecule has 1 aliphatic heterocycles. The quantitative estimate of drug-likeness (QED) is 0.772. The molecule has 1 N–H and O–H groups in total. The van der Waals surface area contributed by atoms with Crippen LogP contribution in [0, 0.1) is 11.3 Å². The van der Waals surface area contributed by atoms with Crippen molar-refractivity contribution in [2.75, 3.05) is 13.6 Å². The number of hydrogen-bond donors (Lipinski definition) is 1. The Morgan fingerprint density at radius 1 is 1.17 bits per heavy atom. The minimum Gasteiger partial charge on any atom is -0.340 e. The molecule has 3 rings (SSSR count). The molecule has 158 valence electrons. The molecule has 2 fully saturated rings. The second-order valence-corrected chi connectivity index (χ2v) is 9.68. The van der Waals surface area contributed by atoms with Gasteiger partial charge in [-0.3, -0.25) is 14.5 Å². The highest BCUT2D eigenvalue weighted by Gasteiger charge is 2.56. The molecule has 2 atom stereocenters. The van der Waals surface area contributed by atoms with Crippen molar-refractivity contribution in [3.05, 3.63) is 35.4 Å². The summed E-state index contributed by atoms with van der Waals surface area (Å²) < 4.78 is 0. The van der Waals surface area contributed by atoms with Crippen molar-refractivity contribution in [3.63, 3.8) is 0 Å². The van der Waals surface area contributed by atoms with Gasteiger partial charge >= 0.3 is 6.03 Å². The predicted octanol–water partition coefficient (Wildman–Crippen LogP) is 3.34. The average molecular weight is 400 g/mol. The minimum atomic E-state index is -0.868. The van der Waals surface area contributed by atoms with Crippen LogP contribution >= 0.6 is 0 Å². The first kappa shape index (κ1) is 21.3. The Morgan fingerprint density at radius 2 is 1.79 bits per heavy atom. The van der Waals surface area contributed by atoms with Crippen molar-refractivity contribution in [3.8, 4) is 0 Å². The van der Waals surface area contributed by atoms with Gasteiger partial charge < -0.3 is 10.2 Å². The first-order valence-corrected chi connectivity index (χ1v) is 10.5. The molecule has 2 unspecified atom stereocenters. The van der Waals surface area contributed by atoms with E-state index in [-0.39, 0.29) is 23.8 Å². The molecule has 1 aliphatic carbocycles. The van der Waals surface area contributed by atoms with Crippen LogP contribution < -0.4 is 5.32 Å². The van der Waals surface area contributed by atoms with Gasteiger partial charge in [0.15, 0.2) is 0 Å². The highest BCUT2D eigenvalue weighted by molar-refractivity contribution is 6.09. The Kier molecular flexibility index (Phi) is 5.74. The number of amides is 4. The molecule has 1 spiro atoms. The highest BCUT2D eigenvalue weighted by atomic mass is 16.2. The Labute approximate surface area is 173 Å². The van der Waals surface area contributed by atoms with Gasteiger partial charge in [-0.05, 0) is 48.1 Å². The van der Waals surface area contributed by atoms with E-state index in [2.05, 4.69) is 45.1 Å². The van der Waals surface area contributed by atoms with Gasteiger partial charge in [0.05, 0.1) is 0 Å². The van der Waals surface area contributed by atoms with Crippen LogP contribution in [0.5, 0.6) is 0 Å². The van der Waals surface area contributed by atoms with Gasteiger partial charge in [-0.25, -0.2) is 4.79 Å². The number of nitrogens with zero attached hydrogens (tertiary/aromatic N) is 2. The second-order valence-electron chi connectivity index (χ2n) is 9.68. The lowest BCUT2D eigenvalue weighted by atomic mass is 9.64. The fourth-order valence-corrected chi connectivity index (χ4v) is 5.15. The number of nitrogens with one attached hydrogen (secondary N) is 1. The summed E-state index contributed by atoms with van der Waals surface area (Å²) in [6.45, 7) is 8.72. The summed E-state index contributed by atoms with van der Waals surface area (Å²) in [5, 5.41) is 2.93. The molecule has 29 heavy (non-hydrogen) atoms. The normalized spacial score (nSPS) is 26.0. The largest absolute Gasteiger partial charge is 0.340 e. The van der Waals surface area contributed by atoms with Crippen molar-refractivity contribution < 1.29 is 14.4 Å². The summed E-state index contributed by atoms with van der Waals surface area (Å²) in [5.74, 6) is -0.156. The lowest BCUT2D eigenvalue weighted by molar-refractivity contribution is -0.140. The summed E-state index contributed by atoms with van der Waals surface area (Å²) in [5.41, 5.74) is 1.38. The summed E-state index contributed by atoms with van der Waals surface area (Å²) in [6.07, 6.45) is 3.24. The lowest BCUT2D eigenvalue weighted by Gasteiger charge is -2.43. The van der Waals surface area contributed by atoms with Crippen LogP contribution in [0.15, 0.2) is 24.3 Å². The third-order valence-corrected chi connectivity index (χ3v) is 6.19. The molecule has 0 radical (unpaired) electrons. The maximum Gasteiger partial charge on any atom is 0.325 e. The number of imide groups is 1. The molecule has 1 aromatic rings. The number of aryl methyl sites for hydroxylation is 1. The Bertz CT molecular complexity index is 802. The van der Waals surface area contributed by atoms with Crippen molar-refractivity contribution >= 4 is 17.8 Å². The summed E-state index contributed by atoms with van der Waals surface area (Å²) >= 11 is 0. The first-order chi connectivity index (χ1) is 13.5. The molecule has 6 nitrogen and oxygen atoms in total. The third-order valence-electron chi connectivity index (χ3n) is 6.19. The monoisotopic (exact) mass is 399 g/mol. The van der Waals surface area contributed by atoms with Gasteiger partial charge in [0.25, 0.3) is 5.91 Å². The maximum atomic E-state index is 13.2. The molecule has 1 saturated heterocycles. The Morgan fingerprint density at radius 3 is 2.38 bits per heavy atom. The van der Waals surface area contributed by atoms with E-state index in [1.54, 1.807) is 11.9 Å². The van der Waals surface area contributed by atoms with E-state index in [4.69, 9.17) is 0 Å². The van der Waals surface area contributed by atoms with Gasteiger partial charge in [-0.15, -0.1) is 0 Å². The highest BCUT2D eigenvalue weighted by Crippen LogP contribution is 2.46. The number of likely N-dealkylation sites (N-methyl/N-ethyl adjacent to an activating group) is 1.